The lowest BCUT2D eigenvalue weighted by Gasteiger charge is -2.14. The Hall–Kier alpha value is -1.14. The molecule has 6 nitrogen and oxygen atoms in total. The number of aliphatic hydroxyl groups is 1. The standard InChI is InChI=1S/C8H17N3O3/c1-5(9)7(13)11-6(2)8(14)10-3-4-12/h5-6,12H,3-4,9H2,1-2H3,(H,10,14)(H,11,13)/t5-,6+/m1/s1. The largest absolute Gasteiger partial charge is 0.395 e. The lowest BCUT2D eigenvalue weighted by atomic mass is 10.2. The predicted octanol–water partition coefficient (Wildman–Crippen LogP) is -2.05. The molecule has 14 heavy (non-hydrogen) atoms. The predicted molar refractivity (Wildman–Crippen MR) is 51.3 cm³/mol. The molecule has 0 radical (unpaired) electrons. The monoisotopic (exact) mass is 203 g/mol. The third-order valence-electron chi connectivity index (χ3n) is 1.58. The SMILES string of the molecule is C[C@H](NC(=O)[C@@H](C)N)C(=O)NCCO. The molecule has 6 heteroatoms. The average Bonchev–Trinajstić information content (AvgIpc) is 2.13. The molecular weight excluding hydrogens is 186 g/mol. The van der Waals surface area contributed by atoms with Gasteiger partial charge < -0.3 is 21.5 Å². The zero-order chi connectivity index (χ0) is 11.1. The Bertz CT molecular complexity index is 206. The zero-order valence-electron chi connectivity index (χ0n) is 8.41. The van der Waals surface area contributed by atoms with E-state index >= 15 is 0 Å². The van der Waals surface area contributed by atoms with Crippen molar-refractivity contribution in [1.29, 1.82) is 0 Å². The molecule has 2 atom stereocenters. The Labute approximate surface area is 82.9 Å². The van der Waals surface area contributed by atoms with E-state index in [0.717, 1.165) is 0 Å². The molecule has 0 aromatic carbocycles. The fourth-order valence-corrected chi connectivity index (χ4v) is 0.743. The number of hydrogen-bond donors (Lipinski definition) is 4. The first-order valence-electron chi connectivity index (χ1n) is 4.43. The maximum atomic E-state index is 11.2. The number of aliphatic hydroxyl groups excluding tert-OH is 1. The highest BCUT2D eigenvalue weighted by Crippen LogP contribution is 1.84. The quantitative estimate of drug-likeness (QED) is 0.412. The molecule has 0 unspecified atom stereocenters. The lowest BCUT2D eigenvalue weighted by Crippen LogP contribution is -2.49. The first-order chi connectivity index (χ1) is 6.49. The number of rotatable bonds is 5. The Morgan fingerprint density at radius 2 is 1.93 bits per heavy atom. The van der Waals surface area contributed by atoms with Crippen molar-refractivity contribution in [2.24, 2.45) is 5.73 Å². The van der Waals surface area contributed by atoms with Crippen LogP contribution in [0.4, 0.5) is 0 Å². The summed E-state index contributed by atoms with van der Waals surface area (Å²) in [4.78, 5) is 22.2. The van der Waals surface area contributed by atoms with Crippen LogP contribution in [0.2, 0.25) is 0 Å². The minimum Gasteiger partial charge on any atom is -0.395 e. The molecule has 0 fully saturated rings. The minimum atomic E-state index is -0.639. The number of amides is 2. The first-order valence-corrected chi connectivity index (χ1v) is 4.43. The van der Waals surface area contributed by atoms with Crippen LogP contribution in [0, 0.1) is 0 Å². The lowest BCUT2D eigenvalue weighted by molar-refractivity contribution is -0.129. The molecule has 0 bridgehead atoms. The molecule has 0 rings (SSSR count). The van der Waals surface area contributed by atoms with Gasteiger partial charge in [0.25, 0.3) is 0 Å². The second kappa shape index (κ2) is 6.33. The Morgan fingerprint density at radius 1 is 1.36 bits per heavy atom. The topological polar surface area (TPSA) is 104 Å². The molecular formula is C8H17N3O3. The summed E-state index contributed by atoms with van der Waals surface area (Å²) < 4.78 is 0. The molecule has 0 heterocycles. The van der Waals surface area contributed by atoms with Crippen molar-refractivity contribution in [3.8, 4) is 0 Å². The summed E-state index contributed by atoms with van der Waals surface area (Å²) in [5.41, 5.74) is 5.30. The van der Waals surface area contributed by atoms with E-state index in [-0.39, 0.29) is 25.0 Å². The van der Waals surface area contributed by atoms with E-state index < -0.39 is 12.1 Å². The van der Waals surface area contributed by atoms with Gasteiger partial charge in [0.05, 0.1) is 12.6 Å². The Morgan fingerprint density at radius 3 is 2.36 bits per heavy atom. The molecule has 0 aromatic heterocycles. The second-order valence-corrected chi connectivity index (χ2v) is 3.03. The highest BCUT2D eigenvalue weighted by atomic mass is 16.3. The van der Waals surface area contributed by atoms with Crippen molar-refractivity contribution in [2.45, 2.75) is 25.9 Å². The number of carbonyl (C=O) groups is 2. The van der Waals surface area contributed by atoms with Crippen LogP contribution < -0.4 is 16.4 Å². The van der Waals surface area contributed by atoms with Crippen LogP contribution in [0.3, 0.4) is 0 Å². The molecule has 0 spiro atoms. The van der Waals surface area contributed by atoms with E-state index in [2.05, 4.69) is 10.6 Å². The van der Waals surface area contributed by atoms with Crippen molar-refractivity contribution in [2.75, 3.05) is 13.2 Å². The first kappa shape index (κ1) is 12.9. The summed E-state index contributed by atoms with van der Waals surface area (Å²) in [5, 5.41) is 13.3. The number of nitrogens with two attached hydrogens (primary N) is 1. The van der Waals surface area contributed by atoms with Crippen LogP contribution in [-0.2, 0) is 9.59 Å². The van der Waals surface area contributed by atoms with Gasteiger partial charge >= 0.3 is 0 Å². The summed E-state index contributed by atoms with van der Waals surface area (Å²) in [6.07, 6.45) is 0. The van der Waals surface area contributed by atoms with Gasteiger partial charge in [-0.2, -0.15) is 0 Å². The number of hydrogen-bond acceptors (Lipinski definition) is 4. The zero-order valence-corrected chi connectivity index (χ0v) is 8.41. The van der Waals surface area contributed by atoms with Crippen molar-refractivity contribution in [1.82, 2.24) is 10.6 Å². The highest BCUT2D eigenvalue weighted by molar-refractivity contribution is 5.89. The van der Waals surface area contributed by atoms with Crippen LogP contribution in [0.25, 0.3) is 0 Å². The van der Waals surface area contributed by atoms with Crippen LogP contribution in [0.15, 0.2) is 0 Å². The van der Waals surface area contributed by atoms with Gasteiger partial charge in [0.2, 0.25) is 11.8 Å². The average molecular weight is 203 g/mol. The normalized spacial score (nSPS) is 14.3. The van der Waals surface area contributed by atoms with E-state index in [4.69, 9.17) is 10.8 Å². The summed E-state index contributed by atoms with van der Waals surface area (Å²) in [5.74, 6) is -0.718. The van der Waals surface area contributed by atoms with Gasteiger partial charge in [-0.05, 0) is 13.8 Å². The summed E-state index contributed by atoms with van der Waals surface area (Å²) in [6.45, 7) is 3.14. The van der Waals surface area contributed by atoms with Gasteiger partial charge in [-0.1, -0.05) is 0 Å². The van der Waals surface area contributed by atoms with Crippen LogP contribution in [0.5, 0.6) is 0 Å². The molecule has 0 saturated heterocycles. The van der Waals surface area contributed by atoms with E-state index in [1.54, 1.807) is 6.92 Å². The molecule has 0 saturated carbocycles. The van der Waals surface area contributed by atoms with Crippen molar-refractivity contribution in [3.05, 3.63) is 0 Å². The van der Waals surface area contributed by atoms with Gasteiger partial charge in [-0.25, -0.2) is 0 Å². The van der Waals surface area contributed by atoms with Gasteiger partial charge in [0, 0.05) is 6.54 Å². The van der Waals surface area contributed by atoms with Gasteiger partial charge in [-0.15, -0.1) is 0 Å². The molecule has 0 aliphatic heterocycles. The summed E-state index contributed by atoms with van der Waals surface area (Å²) in [6, 6.07) is -1.27. The Kier molecular flexibility index (Phi) is 5.82. The van der Waals surface area contributed by atoms with Gasteiger partial charge in [0.15, 0.2) is 0 Å². The maximum Gasteiger partial charge on any atom is 0.242 e. The third kappa shape index (κ3) is 4.78. The van der Waals surface area contributed by atoms with E-state index in [0.29, 0.717) is 0 Å². The fraction of sp³-hybridized carbons (Fsp3) is 0.750. The van der Waals surface area contributed by atoms with Crippen molar-refractivity contribution in [3.63, 3.8) is 0 Å². The summed E-state index contributed by atoms with van der Waals surface area (Å²) >= 11 is 0. The van der Waals surface area contributed by atoms with Crippen LogP contribution in [-0.4, -0.2) is 42.2 Å². The van der Waals surface area contributed by atoms with E-state index in [9.17, 15) is 9.59 Å². The third-order valence-corrected chi connectivity index (χ3v) is 1.58. The summed E-state index contributed by atoms with van der Waals surface area (Å²) in [7, 11) is 0. The number of nitrogens with one attached hydrogen (secondary N) is 2. The Balaban J connectivity index is 3.89. The molecule has 82 valence electrons. The van der Waals surface area contributed by atoms with E-state index in [1.807, 2.05) is 0 Å². The second-order valence-electron chi connectivity index (χ2n) is 3.03. The molecule has 0 aliphatic carbocycles. The molecule has 5 N–H and O–H groups in total. The maximum absolute atomic E-state index is 11.2. The van der Waals surface area contributed by atoms with E-state index in [1.165, 1.54) is 6.92 Å². The van der Waals surface area contributed by atoms with Gasteiger partial charge in [0.1, 0.15) is 6.04 Å². The van der Waals surface area contributed by atoms with Crippen molar-refractivity contribution < 1.29 is 14.7 Å². The molecule has 2 amide bonds. The smallest absolute Gasteiger partial charge is 0.242 e. The molecule has 0 aromatic rings. The van der Waals surface area contributed by atoms with Crippen LogP contribution >= 0.6 is 0 Å². The number of carbonyl (C=O) groups excluding carboxylic acids is 2. The van der Waals surface area contributed by atoms with Crippen molar-refractivity contribution >= 4 is 11.8 Å². The van der Waals surface area contributed by atoms with Gasteiger partial charge in [-0.3, -0.25) is 9.59 Å². The highest BCUT2D eigenvalue weighted by Gasteiger charge is 2.16. The minimum absolute atomic E-state index is 0.125. The molecule has 0 aliphatic rings. The fourth-order valence-electron chi connectivity index (χ4n) is 0.743. The van der Waals surface area contributed by atoms with Crippen LogP contribution in [0.1, 0.15) is 13.8 Å².